The molecular weight excluding hydrogens is 302 g/mol. The molecule has 1 aromatic carbocycles. The standard InChI is InChI=1S/C19H29N3O2/c20-13-16-6-8-22(9-7-16)19(23)12-18-15-21(10-11-24-18)14-17-4-2-1-3-5-17/h1-5,16,18H,6-15,20H2. The molecule has 1 aromatic rings. The minimum Gasteiger partial charge on any atom is -0.375 e. The first-order valence-corrected chi connectivity index (χ1v) is 9.10. The monoisotopic (exact) mass is 331 g/mol. The van der Waals surface area contributed by atoms with Gasteiger partial charge in [0.1, 0.15) is 0 Å². The van der Waals surface area contributed by atoms with Crippen LogP contribution in [0.15, 0.2) is 30.3 Å². The maximum Gasteiger partial charge on any atom is 0.225 e. The van der Waals surface area contributed by atoms with Crippen LogP contribution >= 0.6 is 0 Å². The second kappa shape index (κ2) is 8.60. The molecule has 0 aliphatic carbocycles. The Morgan fingerprint density at radius 2 is 1.92 bits per heavy atom. The molecular formula is C19H29N3O2. The van der Waals surface area contributed by atoms with Gasteiger partial charge in [-0.2, -0.15) is 0 Å². The van der Waals surface area contributed by atoms with Crippen LogP contribution in [0.1, 0.15) is 24.8 Å². The van der Waals surface area contributed by atoms with E-state index in [1.165, 1.54) is 5.56 Å². The van der Waals surface area contributed by atoms with Gasteiger partial charge >= 0.3 is 0 Å². The van der Waals surface area contributed by atoms with Gasteiger partial charge in [0.05, 0.1) is 19.1 Å². The molecule has 1 unspecified atom stereocenters. The highest BCUT2D eigenvalue weighted by Crippen LogP contribution is 2.19. The molecule has 3 rings (SSSR count). The van der Waals surface area contributed by atoms with E-state index in [0.717, 1.165) is 52.1 Å². The molecule has 132 valence electrons. The lowest BCUT2D eigenvalue weighted by Crippen LogP contribution is -2.46. The second-order valence-corrected chi connectivity index (χ2v) is 6.98. The summed E-state index contributed by atoms with van der Waals surface area (Å²) in [4.78, 5) is 16.9. The van der Waals surface area contributed by atoms with E-state index in [1.54, 1.807) is 0 Å². The zero-order valence-electron chi connectivity index (χ0n) is 14.4. The Kier molecular flexibility index (Phi) is 6.24. The van der Waals surface area contributed by atoms with E-state index in [9.17, 15) is 4.79 Å². The van der Waals surface area contributed by atoms with Crippen LogP contribution in [0.2, 0.25) is 0 Å². The van der Waals surface area contributed by atoms with Crippen molar-refractivity contribution in [1.29, 1.82) is 0 Å². The summed E-state index contributed by atoms with van der Waals surface area (Å²) >= 11 is 0. The Morgan fingerprint density at radius 3 is 2.62 bits per heavy atom. The normalized spacial score (nSPS) is 23.4. The highest BCUT2D eigenvalue weighted by atomic mass is 16.5. The van der Waals surface area contributed by atoms with E-state index in [2.05, 4.69) is 29.2 Å². The smallest absolute Gasteiger partial charge is 0.225 e. The fourth-order valence-corrected chi connectivity index (χ4v) is 3.63. The maximum absolute atomic E-state index is 12.5. The van der Waals surface area contributed by atoms with Gasteiger partial charge in [0.15, 0.2) is 0 Å². The summed E-state index contributed by atoms with van der Waals surface area (Å²) in [5, 5.41) is 0. The van der Waals surface area contributed by atoms with Crippen LogP contribution in [-0.2, 0) is 16.1 Å². The van der Waals surface area contributed by atoms with Gasteiger partial charge in [0.2, 0.25) is 5.91 Å². The van der Waals surface area contributed by atoms with Gasteiger partial charge in [-0.25, -0.2) is 0 Å². The summed E-state index contributed by atoms with van der Waals surface area (Å²) in [5.74, 6) is 0.818. The largest absolute Gasteiger partial charge is 0.375 e. The van der Waals surface area contributed by atoms with Crippen LogP contribution in [0.3, 0.4) is 0 Å². The quantitative estimate of drug-likeness (QED) is 0.888. The highest BCUT2D eigenvalue weighted by Gasteiger charge is 2.27. The van der Waals surface area contributed by atoms with Crippen LogP contribution in [0.5, 0.6) is 0 Å². The number of carbonyl (C=O) groups excluding carboxylic acids is 1. The average Bonchev–Trinajstić information content (AvgIpc) is 2.63. The Balaban J connectivity index is 1.46. The van der Waals surface area contributed by atoms with E-state index < -0.39 is 0 Å². The number of likely N-dealkylation sites (tertiary alicyclic amines) is 1. The van der Waals surface area contributed by atoms with E-state index in [-0.39, 0.29) is 12.0 Å². The summed E-state index contributed by atoms with van der Waals surface area (Å²) in [6, 6.07) is 10.5. The molecule has 2 aliphatic heterocycles. The van der Waals surface area contributed by atoms with Crippen molar-refractivity contribution in [2.75, 3.05) is 39.3 Å². The number of carbonyl (C=O) groups is 1. The van der Waals surface area contributed by atoms with Gasteiger partial charge in [-0.15, -0.1) is 0 Å². The van der Waals surface area contributed by atoms with Crippen LogP contribution in [0, 0.1) is 5.92 Å². The Morgan fingerprint density at radius 1 is 1.17 bits per heavy atom. The minimum atomic E-state index is 0.0159. The van der Waals surface area contributed by atoms with Crippen LogP contribution < -0.4 is 5.73 Å². The average molecular weight is 331 g/mol. The second-order valence-electron chi connectivity index (χ2n) is 6.98. The molecule has 5 nitrogen and oxygen atoms in total. The van der Waals surface area contributed by atoms with Gasteiger partial charge in [0.25, 0.3) is 0 Å². The Hall–Kier alpha value is -1.43. The third-order valence-electron chi connectivity index (χ3n) is 5.17. The van der Waals surface area contributed by atoms with Gasteiger partial charge < -0.3 is 15.4 Å². The molecule has 5 heteroatoms. The van der Waals surface area contributed by atoms with Gasteiger partial charge in [-0.05, 0) is 30.9 Å². The summed E-state index contributed by atoms with van der Waals surface area (Å²) in [5.41, 5.74) is 7.04. The number of benzene rings is 1. The van der Waals surface area contributed by atoms with Crippen molar-refractivity contribution < 1.29 is 9.53 Å². The van der Waals surface area contributed by atoms with E-state index in [0.29, 0.717) is 18.9 Å². The summed E-state index contributed by atoms with van der Waals surface area (Å²) in [6.45, 7) is 5.84. The van der Waals surface area contributed by atoms with E-state index >= 15 is 0 Å². The summed E-state index contributed by atoms with van der Waals surface area (Å²) in [7, 11) is 0. The maximum atomic E-state index is 12.5. The lowest BCUT2D eigenvalue weighted by atomic mass is 9.97. The number of nitrogens with two attached hydrogens (primary N) is 1. The van der Waals surface area contributed by atoms with E-state index in [4.69, 9.17) is 10.5 Å². The molecule has 0 bridgehead atoms. The van der Waals surface area contributed by atoms with Crippen molar-refractivity contribution in [2.45, 2.75) is 31.9 Å². The molecule has 24 heavy (non-hydrogen) atoms. The third-order valence-corrected chi connectivity index (χ3v) is 5.17. The number of rotatable bonds is 5. The predicted octanol–water partition coefficient (Wildman–Crippen LogP) is 1.47. The first-order valence-electron chi connectivity index (χ1n) is 9.10. The van der Waals surface area contributed by atoms with Gasteiger partial charge in [-0.1, -0.05) is 30.3 Å². The van der Waals surface area contributed by atoms with Crippen LogP contribution in [-0.4, -0.2) is 61.1 Å². The predicted molar refractivity (Wildman–Crippen MR) is 94.4 cm³/mol. The third kappa shape index (κ3) is 4.79. The van der Waals surface area contributed by atoms with Crippen molar-refractivity contribution in [2.24, 2.45) is 11.7 Å². The lowest BCUT2D eigenvalue weighted by Gasteiger charge is -2.35. The van der Waals surface area contributed by atoms with Crippen LogP contribution in [0.25, 0.3) is 0 Å². The van der Waals surface area contributed by atoms with Crippen molar-refractivity contribution >= 4 is 5.91 Å². The van der Waals surface area contributed by atoms with Crippen molar-refractivity contribution in [3.63, 3.8) is 0 Å². The van der Waals surface area contributed by atoms with Crippen LogP contribution in [0.4, 0.5) is 0 Å². The topological polar surface area (TPSA) is 58.8 Å². The number of morpholine rings is 1. The molecule has 2 heterocycles. The lowest BCUT2D eigenvalue weighted by molar-refractivity contribution is -0.137. The Labute approximate surface area is 144 Å². The molecule has 2 aliphatic rings. The molecule has 1 atom stereocenters. The zero-order valence-corrected chi connectivity index (χ0v) is 14.4. The number of hydrogen-bond acceptors (Lipinski definition) is 4. The SMILES string of the molecule is NCC1CCN(C(=O)CC2CN(Cc3ccccc3)CCO2)CC1. The van der Waals surface area contributed by atoms with Gasteiger partial charge in [-0.3, -0.25) is 9.69 Å². The number of hydrogen-bond donors (Lipinski definition) is 1. The molecule has 2 saturated heterocycles. The summed E-state index contributed by atoms with van der Waals surface area (Å²) < 4.78 is 5.84. The van der Waals surface area contributed by atoms with Gasteiger partial charge in [0, 0.05) is 32.7 Å². The minimum absolute atomic E-state index is 0.0159. The van der Waals surface area contributed by atoms with Crippen molar-refractivity contribution in [1.82, 2.24) is 9.80 Å². The first-order chi connectivity index (χ1) is 11.7. The molecule has 0 aromatic heterocycles. The molecule has 2 N–H and O–H groups in total. The number of amides is 1. The van der Waals surface area contributed by atoms with E-state index in [1.807, 2.05) is 11.0 Å². The Bertz CT molecular complexity index is 515. The fourth-order valence-electron chi connectivity index (χ4n) is 3.63. The molecule has 2 fully saturated rings. The number of piperidine rings is 1. The van der Waals surface area contributed by atoms with Crippen molar-refractivity contribution in [3.05, 3.63) is 35.9 Å². The zero-order chi connectivity index (χ0) is 16.8. The fraction of sp³-hybridized carbons (Fsp3) is 0.632. The highest BCUT2D eigenvalue weighted by molar-refractivity contribution is 5.76. The first kappa shape index (κ1) is 17.4. The molecule has 0 radical (unpaired) electrons. The molecule has 1 amide bonds. The number of ether oxygens (including phenoxy) is 1. The number of nitrogens with zero attached hydrogens (tertiary/aromatic N) is 2. The molecule has 0 spiro atoms. The molecule has 0 saturated carbocycles. The summed E-state index contributed by atoms with van der Waals surface area (Å²) in [6.07, 6.45) is 2.59. The van der Waals surface area contributed by atoms with Crippen molar-refractivity contribution in [3.8, 4) is 0 Å².